The van der Waals surface area contributed by atoms with Gasteiger partial charge in [0.1, 0.15) is 16.5 Å². The van der Waals surface area contributed by atoms with E-state index in [1.807, 2.05) is 63.7 Å². The molecule has 0 bridgehead atoms. The van der Waals surface area contributed by atoms with Gasteiger partial charge in [-0.1, -0.05) is 0 Å². The minimum atomic E-state index is -0.182. The van der Waals surface area contributed by atoms with E-state index in [1.54, 1.807) is 5.38 Å². The number of aromatic nitrogens is 3. The Morgan fingerprint density at radius 1 is 1.30 bits per heavy atom. The van der Waals surface area contributed by atoms with Crippen molar-refractivity contribution >= 4 is 17.2 Å². The van der Waals surface area contributed by atoms with Crippen LogP contribution in [0.15, 0.2) is 29.6 Å². The number of hydrogen-bond acceptors (Lipinski definition) is 5. The topological polar surface area (TPSA) is 69.0 Å². The fourth-order valence-corrected chi connectivity index (χ4v) is 3.94. The van der Waals surface area contributed by atoms with Gasteiger partial charge in [-0.2, -0.15) is 5.10 Å². The highest BCUT2D eigenvalue weighted by Crippen LogP contribution is 2.26. The van der Waals surface area contributed by atoms with Gasteiger partial charge in [0.2, 0.25) is 0 Å². The Bertz CT molecular complexity index is 944. The summed E-state index contributed by atoms with van der Waals surface area (Å²) in [6.45, 7) is 8.52. The number of benzene rings is 1. The first-order valence-electron chi connectivity index (χ1n) is 8.90. The molecule has 1 amide bonds. The van der Waals surface area contributed by atoms with Crippen molar-refractivity contribution in [2.24, 2.45) is 7.05 Å². The first-order chi connectivity index (χ1) is 12.9. The molecule has 0 aliphatic heterocycles. The molecule has 6 nitrogen and oxygen atoms in total. The Kier molecular flexibility index (Phi) is 5.60. The molecule has 0 fully saturated rings. The van der Waals surface area contributed by atoms with Gasteiger partial charge in [0.15, 0.2) is 0 Å². The van der Waals surface area contributed by atoms with Gasteiger partial charge in [-0.25, -0.2) is 4.98 Å². The number of carbonyl (C=O) groups is 1. The number of carbonyl (C=O) groups excluding carboxylic acids is 1. The van der Waals surface area contributed by atoms with E-state index in [1.165, 1.54) is 11.3 Å². The SMILES string of the molecule is CCOc1ccc(-c2nc(C(=O)N[C@H](C)c3c(C)nn(C)c3C)cs2)cc1. The van der Waals surface area contributed by atoms with Gasteiger partial charge in [-0.3, -0.25) is 9.48 Å². The van der Waals surface area contributed by atoms with Crippen LogP contribution in [-0.2, 0) is 7.05 Å². The largest absolute Gasteiger partial charge is 0.494 e. The number of nitrogens with zero attached hydrogens (tertiary/aromatic N) is 3. The molecule has 0 radical (unpaired) electrons. The lowest BCUT2D eigenvalue weighted by Crippen LogP contribution is -2.27. The molecule has 2 heterocycles. The smallest absolute Gasteiger partial charge is 0.271 e. The zero-order valence-electron chi connectivity index (χ0n) is 16.2. The van der Waals surface area contributed by atoms with E-state index >= 15 is 0 Å². The second-order valence-corrected chi connectivity index (χ2v) is 7.26. The molecule has 0 saturated heterocycles. The molecule has 0 aliphatic carbocycles. The van der Waals surface area contributed by atoms with Crippen molar-refractivity contribution in [3.63, 3.8) is 0 Å². The lowest BCUT2D eigenvalue weighted by Gasteiger charge is -2.14. The van der Waals surface area contributed by atoms with Crippen molar-refractivity contribution in [1.82, 2.24) is 20.1 Å². The third kappa shape index (κ3) is 4.03. The van der Waals surface area contributed by atoms with Crippen LogP contribution in [0.1, 0.15) is 47.3 Å². The second kappa shape index (κ2) is 7.92. The van der Waals surface area contributed by atoms with Crippen LogP contribution >= 0.6 is 11.3 Å². The molecule has 7 heteroatoms. The average Bonchev–Trinajstić information content (AvgIpc) is 3.21. The monoisotopic (exact) mass is 384 g/mol. The summed E-state index contributed by atoms with van der Waals surface area (Å²) in [5.41, 5.74) is 4.42. The summed E-state index contributed by atoms with van der Waals surface area (Å²) in [6, 6.07) is 7.60. The zero-order valence-corrected chi connectivity index (χ0v) is 17.1. The third-order valence-electron chi connectivity index (χ3n) is 4.49. The Morgan fingerprint density at radius 2 is 2.00 bits per heavy atom. The molecule has 1 aromatic carbocycles. The van der Waals surface area contributed by atoms with E-state index < -0.39 is 0 Å². The van der Waals surface area contributed by atoms with E-state index in [0.717, 1.165) is 33.3 Å². The van der Waals surface area contributed by atoms with Crippen molar-refractivity contribution in [2.75, 3.05) is 6.61 Å². The summed E-state index contributed by atoms with van der Waals surface area (Å²) in [6.07, 6.45) is 0. The van der Waals surface area contributed by atoms with E-state index in [-0.39, 0.29) is 11.9 Å². The molecule has 0 spiro atoms. The first-order valence-corrected chi connectivity index (χ1v) is 9.78. The lowest BCUT2D eigenvalue weighted by atomic mass is 10.1. The minimum Gasteiger partial charge on any atom is -0.494 e. The van der Waals surface area contributed by atoms with Gasteiger partial charge in [0.05, 0.1) is 18.3 Å². The lowest BCUT2D eigenvalue weighted by molar-refractivity contribution is 0.0935. The maximum Gasteiger partial charge on any atom is 0.271 e. The van der Waals surface area contributed by atoms with Gasteiger partial charge >= 0.3 is 0 Å². The molecule has 3 aromatic rings. The normalized spacial score (nSPS) is 12.0. The van der Waals surface area contributed by atoms with Crippen LogP contribution in [0.5, 0.6) is 5.75 Å². The van der Waals surface area contributed by atoms with Crippen LogP contribution in [0, 0.1) is 13.8 Å². The molecule has 1 atom stereocenters. The molecule has 3 rings (SSSR count). The zero-order chi connectivity index (χ0) is 19.6. The number of ether oxygens (including phenoxy) is 1. The maximum atomic E-state index is 12.6. The fraction of sp³-hybridized carbons (Fsp3) is 0.350. The number of aryl methyl sites for hydroxylation is 2. The van der Waals surface area contributed by atoms with Crippen molar-refractivity contribution in [1.29, 1.82) is 0 Å². The number of thiazole rings is 1. The summed E-state index contributed by atoms with van der Waals surface area (Å²) in [5, 5.41) is 10.0. The van der Waals surface area contributed by atoms with Crippen molar-refractivity contribution in [2.45, 2.75) is 33.7 Å². The summed E-state index contributed by atoms with van der Waals surface area (Å²) in [4.78, 5) is 17.1. The maximum absolute atomic E-state index is 12.6. The van der Waals surface area contributed by atoms with Crippen molar-refractivity contribution in [3.05, 3.63) is 52.3 Å². The van der Waals surface area contributed by atoms with Gasteiger partial charge in [-0.15, -0.1) is 11.3 Å². The van der Waals surface area contributed by atoms with E-state index in [4.69, 9.17) is 4.74 Å². The molecule has 142 valence electrons. The molecule has 1 N–H and O–H groups in total. The van der Waals surface area contributed by atoms with Crippen LogP contribution in [0.25, 0.3) is 10.6 Å². The van der Waals surface area contributed by atoms with Crippen LogP contribution in [0.4, 0.5) is 0 Å². The Labute approximate surface area is 163 Å². The molecule has 0 unspecified atom stereocenters. The van der Waals surface area contributed by atoms with Crippen LogP contribution in [0.2, 0.25) is 0 Å². The van der Waals surface area contributed by atoms with Gasteiger partial charge in [-0.05, 0) is 52.0 Å². The Balaban J connectivity index is 1.73. The Morgan fingerprint density at radius 3 is 2.59 bits per heavy atom. The average molecular weight is 385 g/mol. The predicted octanol–water partition coefficient (Wildman–Crippen LogP) is 4.05. The number of amides is 1. The Hall–Kier alpha value is -2.67. The van der Waals surface area contributed by atoms with Crippen LogP contribution in [-0.4, -0.2) is 27.3 Å². The highest BCUT2D eigenvalue weighted by atomic mass is 32.1. The summed E-state index contributed by atoms with van der Waals surface area (Å²) in [7, 11) is 1.91. The molecule has 2 aromatic heterocycles. The minimum absolute atomic E-state index is 0.137. The number of rotatable bonds is 6. The fourth-order valence-electron chi connectivity index (χ4n) is 3.13. The van der Waals surface area contributed by atoms with E-state index in [2.05, 4.69) is 15.4 Å². The van der Waals surface area contributed by atoms with Crippen LogP contribution < -0.4 is 10.1 Å². The highest BCUT2D eigenvalue weighted by Gasteiger charge is 2.20. The third-order valence-corrected chi connectivity index (χ3v) is 5.39. The quantitative estimate of drug-likeness (QED) is 0.696. The first kappa shape index (κ1) is 19.1. The standard InChI is InChI=1S/C20H24N4O2S/c1-6-26-16-9-7-15(8-10-16)20-22-17(11-27-20)19(25)21-12(2)18-13(3)23-24(5)14(18)4/h7-12H,6H2,1-5H3,(H,21,25)/t12-/m1/s1. The molecule has 27 heavy (non-hydrogen) atoms. The summed E-state index contributed by atoms with van der Waals surface area (Å²) >= 11 is 1.45. The molecule has 0 aliphatic rings. The molecule has 0 saturated carbocycles. The van der Waals surface area contributed by atoms with Gasteiger partial charge in [0.25, 0.3) is 5.91 Å². The number of nitrogens with one attached hydrogen (secondary N) is 1. The molecular weight excluding hydrogens is 360 g/mol. The van der Waals surface area contributed by atoms with Gasteiger partial charge < -0.3 is 10.1 Å². The second-order valence-electron chi connectivity index (χ2n) is 6.40. The highest BCUT2D eigenvalue weighted by molar-refractivity contribution is 7.13. The summed E-state index contributed by atoms with van der Waals surface area (Å²) < 4.78 is 7.29. The van der Waals surface area contributed by atoms with Crippen molar-refractivity contribution in [3.8, 4) is 16.3 Å². The predicted molar refractivity (Wildman–Crippen MR) is 107 cm³/mol. The van der Waals surface area contributed by atoms with Gasteiger partial charge in [0, 0.05) is 29.2 Å². The van der Waals surface area contributed by atoms with Crippen molar-refractivity contribution < 1.29 is 9.53 Å². The van der Waals surface area contributed by atoms with E-state index in [0.29, 0.717) is 12.3 Å². The summed E-state index contributed by atoms with van der Waals surface area (Å²) in [5.74, 6) is 0.644. The van der Waals surface area contributed by atoms with E-state index in [9.17, 15) is 4.79 Å². The molecular formula is C20H24N4O2S. The van der Waals surface area contributed by atoms with Crippen LogP contribution in [0.3, 0.4) is 0 Å². The number of hydrogen-bond donors (Lipinski definition) is 1.